The first-order valence-electron chi connectivity index (χ1n) is 8.67. The lowest BCUT2D eigenvalue weighted by molar-refractivity contribution is -0.144. The quantitative estimate of drug-likeness (QED) is 0.765. The maximum atomic E-state index is 12.4. The van der Waals surface area contributed by atoms with Crippen molar-refractivity contribution in [3.63, 3.8) is 0 Å². The molecule has 1 N–H and O–H groups in total. The molecule has 0 radical (unpaired) electrons. The topological polar surface area (TPSA) is 87.2 Å². The molecular weight excluding hydrogens is 332 g/mol. The van der Waals surface area contributed by atoms with Gasteiger partial charge in [0.2, 0.25) is 15.9 Å². The van der Waals surface area contributed by atoms with Gasteiger partial charge in [0.05, 0.1) is 19.0 Å². The van der Waals surface area contributed by atoms with E-state index >= 15 is 0 Å². The highest BCUT2D eigenvalue weighted by molar-refractivity contribution is 7.88. The number of carbonyl (C=O) groups is 1. The van der Waals surface area contributed by atoms with Crippen molar-refractivity contribution in [1.82, 2.24) is 9.21 Å². The second kappa shape index (κ2) is 6.55. The van der Waals surface area contributed by atoms with E-state index < -0.39 is 10.0 Å². The summed E-state index contributed by atoms with van der Waals surface area (Å²) in [6, 6.07) is -0.103. The normalized spacial score (nSPS) is 33.6. The van der Waals surface area contributed by atoms with Crippen LogP contribution in [-0.2, 0) is 19.6 Å². The third kappa shape index (κ3) is 3.47. The van der Waals surface area contributed by atoms with E-state index in [2.05, 4.69) is 0 Å². The molecule has 3 fully saturated rings. The Kier molecular flexibility index (Phi) is 4.94. The maximum absolute atomic E-state index is 12.4. The van der Waals surface area contributed by atoms with Gasteiger partial charge in [0.15, 0.2) is 0 Å². The molecule has 3 aliphatic rings. The summed E-state index contributed by atoms with van der Waals surface area (Å²) in [7, 11) is -1.65. The first kappa shape index (κ1) is 18.1. The molecule has 1 aliphatic carbocycles. The molecule has 1 spiro atoms. The molecule has 8 heteroatoms. The number of rotatable bonds is 4. The number of sulfonamides is 1. The van der Waals surface area contributed by atoms with Crippen molar-refractivity contribution in [3.05, 3.63) is 0 Å². The van der Waals surface area contributed by atoms with Gasteiger partial charge in [-0.25, -0.2) is 8.42 Å². The number of methoxy groups -OCH3 is 1. The zero-order valence-corrected chi connectivity index (χ0v) is 15.3. The lowest BCUT2D eigenvalue weighted by atomic mass is 9.75. The van der Waals surface area contributed by atoms with Crippen LogP contribution in [-0.4, -0.2) is 80.4 Å². The van der Waals surface area contributed by atoms with Gasteiger partial charge in [-0.1, -0.05) is 0 Å². The molecule has 2 aliphatic heterocycles. The maximum Gasteiger partial charge on any atom is 0.225 e. The highest BCUT2D eigenvalue weighted by atomic mass is 32.2. The number of aliphatic hydroxyl groups is 1. The number of piperidine rings is 1. The number of hydrogen-bond acceptors (Lipinski definition) is 5. The molecule has 1 amide bonds. The molecule has 138 valence electrons. The van der Waals surface area contributed by atoms with Crippen LogP contribution in [0.2, 0.25) is 0 Å². The Balaban J connectivity index is 1.61. The fourth-order valence-corrected chi connectivity index (χ4v) is 5.65. The second-order valence-electron chi connectivity index (χ2n) is 7.77. The van der Waals surface area contributed by atoms with Crippen LogP contribution in [0.5, 0.6) is 0 Å². The van der Waals surface area contributed by atoms with E-state index in [9.17, 15) is 18.3 Å². The van der Waals surface area contributed by atoms with Gasteiger partial charge < -0.3 is 14.7 Å². The summed E-state index contributed by atoms with van der Waals surface area (Å²) in [6.07, 6.45) is 4.58. The minimum atomic E-state index is -3.25. The molecular formula is C16H28N2O5S. The Hall–Kier alpha value is -0.700. The predicted molar refractivity (Wildman–Crippen MR) is 88.8 cm³/mol. The monoisotopic (exact) mass is 360 g/mol. The summed E-state index contributed by atoms with van der Waals surface area (Å²) < 4.78 is 30.9. The van der Waals surface area contributed by atoms with Gasteiger partial charge in [0.25, 0.3) is 0 Å². The van der Waals surface area contributed by atoms with Gasteiger partial charge in [0, 0.05) is 38.7 Å². The number of hydrogen-bond donors (Lipinski definition) is 1. The van der Waals surface area contributed by atoms with Gasteiger partial charge in [-0.15, -0.1) is 0 Å². The van der Waals surface area contributed by atoms with Crippen LogP contribution < -0.4 is 0 Å². The van der Waals surface area contributed by atoms with Gasteiger partial charge in [-0.05, 0) is 37.5 Å². The molecule has 2 saturated heterocycles. The van der Waals surface area contributed by atoms with Crippen molar-refractivity contribution >= 4 is 15.9 Å². The third-order valence-electron chi connectivity index (χ3n) is 5.95. The van der Waals surface area contributed by atoms with E-state index in [0.717, 1.165) is 19.3 Å². The van der Waals surface area contributed by atoms with Crippen molar-refractivity contribution < 1.29 is 23.1 Å². The zero-order valence-electron chi connectivity index (χ0n) is 14.5. The molecule has 1 atom stereocenters. The Morgan fingerprint density at radius 1 is 1.29 bits per heavy atom. The molecule has 1 saturated carbocycles. The van der Waals surface area contributed by atoms with Crippen LogP contribution >= 0.6 is 0 Å². The Morgan fingerprint density at radius 2 is 1.92 bits per heavy atom. The summed E-state index contributed by atoms with van der Waals surface area (Å²) in [6.45, 7) is 2.31. The summed E-state index contributed by atoms with van der Waals surface area (Å²) in [5, 5.41) is 9.37. The predicted octanol–water partition coefficient (Wildman–Crippen LogP) is 0.0464. The summed E-state index contributed by atoms with van der Waals surface area (Å²) in [4.78, 5) is 14.3. The Bertz CT molecular complexity index is 579. The minimum absolute atomic E-state index is 0.0219. The van der Waals surface area contributed by atoms with Gasteiger partial charge in [-0.2, -0.15) is 4.31 Å². The van der Waals surface area contributed by atoms with Crippen LogP contribution in [0.25, 0.3) is 0 Å². The van der Waals surface area contributed by atoms with E-state index in [0.29, 0.717) is 39.1 Å². The van der Waals surface area contributed by atoms with E-state index in [1.165, 1.54) is 6.26 Å². The average molecular weight is 360 g/mol. The van der Waals surface area contributed by atoms with Crippen molar-refractivity contribution in [2.24, 2.45) is 11.3 Å². The zero-order chi connectivity index (χ0) is 17.5. The smallest absolute Gasteiger partial charge is 0.225 e. The van der Waals surface area contributed by atoms with Crippen LogP contribution in [0.15, 0.2) is 0 Å². The molecule has 3 rings (SSSR count). The van der Waals surface area contributed by atoms with Crippen molar-refractivity contribution in [2.75, 3.05) is 39.6 Å². The van der Waals surface area contributed by atoms with Gasteiger partial charge in [-0.3, -0.25) is 4.79 Å². The van der Waals surface area contributed by atoms with Crippen LogP contribution in [0.3, 0.4) is 0 Å². The number of ether oxygens (including phenoxy) is 1. The molecule has 0 aromatic heterocycles. The summed E-state index contributed by atoms with van der Waals surface area (Å²) in [5.41, 5.74) is -0.0395. The number of aliphatic hydroxyl groups excluding tert-OH is 1. The van der Waals surface area contributed by atoms with Crippen molar-refractivity contribution in [1.29, 1.82) is 0 Å². The van der Waals surface area contributed by atoms with Crippen LogP contribution in [0.4, 0.5) is 0 Å². The van der Waals surface area contributed by atoms with E-state index in [1.807, 2.05) is 4.90 Å². The average Bonchev–Trinajstić information content (AvgIpc) is 2.83. The third-order valence-corrected chi connectivity index (χ3v) is 7.23. The van der Waals surface area contributed by atoms with E-state index in [-0.39, 0.29) is 29.4 Å². The van der Waals surface area contributed by atoms with E-state index in [1.54, 1.807) is 11.4 Å². The molecule has 7 nitrogen and oxygen atoms in total. The van der Waals surface area contributed by atoms with Gasteiger partial charge >= 0.3 is 0 Å². The second-order valence-corrected chi connectivity index (χ2v) is 9.70. The molecule has 0 aromatic carbocycles. The number of carbonyl (C=O) groups excluding carboxylic acids is 1. The van der Waals surface area contributed by atoms with Crippen LogP contribution in [0.1, 0.15) is 32.1 Å². The van der Waals surface area contributed by atoms with Crippen molar-refractivity contribution in [3.8, 4) is 0 Å². The van der Waals surface area contributed by atoms with E-state index in [4.69, 9.17) is 4.74 Å². The number of amides is 1. The largest absolute Gasteiger partial charge is 0.393 e. The molecule has 24 heavy (non-hydrogen) atoms. The highest BCUT2D eigenvalue weighted by Gasteiger charge is 2.49. The molecule has 0 bridgehead atoms. The highest BCUT2D eigenvalue weighted by Crippen LogP contribution is 2.45. The lowest BCUT2D eigenvalue weighted by Crippen LogP contribution is -2.49. The minimum Gasteiger partial charge on any atom is -0.393 e. The van der Waals surface area contributed by atoms with Crippen molar-refractivity contribution in [2.45, 2.75) is 44.2 Å². The first-order valence-corrected chi connectivity index (χ1v) is 10.5. The lowest BCUT2D eigenvalue weighted by Gasteiger charge is -2.42. The number of likely N-dealkylation sites (tertiary alicyclic amines) is 1. The SMILES string of the molecule is COCC1CC2(CCN(C(=O)C3CC(O)C3)CC2)CN1S(C)(=O)=O. The number of nitrogens with zero attached hydrogens (tertiary/aromatic N) is 2. The molecule has 0 aromatic rings. The fourth-order valence-electron chi connectivity index (χ4n) is 4.46. The molecule has 1 unspecified atom stereocenters. The van der Waals surface area contributed by atoms with Crippen LogP contribution in [0, 0.1) is 11.3 Å². The first-order chi connectivity index (χ1) is 11.2. The van der Waals surface area contributed by atoms with Gasteiger partial charge in [0.1, 0.15) is 0 Å². The fraction of sp³-hybridized carbons (Fsp3) is 0.938. The summed E-state index contributed by atoms with van der Waals surface area (Å²) >= 11 is 0. The standard InChI is InChI=1S/C16H28N2O5S/c1-23-10-13-9-16(11-18(13)24(2,21)22)3-5-17(6-4-16)15(20)12-7-14(19)8-12/h12-14,19H,3-11H2,1-2H3. The Labute approximate surface area is 144 Å². The molecule has 2 heterocycles. The Morgan fingerprint density at radius 3 is 2.42 bits per heavy atom. The summed E-state index contributed by atoms with van der Waals surface area (Å²) in [5.74, 6) is 0.132.